The summed E-state index contributed by atoms with van der Waals surface area (Å²) < 4.78 is 13.6. The van der Waals surface area contributed by atoms with Crippen LogP contribution in [-0.2, 0) is 6.32 Å². The number of rotatable bonds is 2. The van der Waals surface area contributed by atoms with E-state index in [4.69, 9.17) is 0 Å². The highest BCUT2D eigenvalue weighted by atomic mass is 19.1. The summed E-state index contributed by atoms with van der Waals surface area (Å²) in [5, 5.41) is 0. The summed E-state index contributed by atoms with van der Waals surface area (Å²) >= 11 is 0. The molecule has 1 aliphatic heterocycles. The van der Waals surface area contributed by atoms with Crippen LogP contribution in [0.25, 0.3) is 0 Å². The molecular formula is C15H22BF. The van der Waals surface area contributed by atoms with Crippen LogP contribution in [0.4, 0.5) is 4.39 Å². The Balaban J connectivity index is 2.11. The lowest BCUT2D eigenvalue weighted by Crippen LogP contribution is -2.24. The Kier molecular flexibility index (Phi) is 3.09. The second kappa shape index (κ2) is 4.15. The van der Waals surface area contributed by atoms with Gasteiger partial charge < -0.3 is 0 Å². The Labute approximate surface area is 105 Å². The maximum atomic E-state index is 13.6. The van der Waals surface area contributed by atoms with Crippen molar-refractivity contribution in [1.29, 1.82) is 0 Å². The third kappa shape index (κ3) is 2.41. The van der Waals surface area contributed by atoms with Crippen LogP contribution in [0.1, 0.15) is 33.3 Å². The van der Waals surface area contributed by atoms with Gasteiger partial charge in [0.1, 0.15) is 12.5 Å². The lowest BCUT2D eigenvalue weighted by atomic mass is 9.43. The van der Waals surface area contributed by atoms with Crippen LogP contribution in [0.5, 0.6) is 0 Å². The molecule has 0 aromatic heterocycles. The van der Waals surface area contributed by atoms with Crippen molar-refractivity contribution < 1.29 is 4.39 Å². The first-order chi connectivity index (χ1) is 7.82. The van der Waals surface area contributed by atoms with Gasteiger partial charge in [-0.15, -0.1) is 0 Å². The summed E-state index contributed by atoms with van der Waals surface area (Å²) in [4.78, 5) is 0. The first-order valence-electron chi connectivity index (χ1n) is 6.55. The van der Waals surface area contributed by atoms with Crippen LogP contribution in [0.3, 0.4) is 0 Å². The molecule has 1 fully saturated rings. The van der Waals surface area contributed by atoms with Gasteiger partial charge in [0.15, 0.2) is 0 Å². The maximum absolute atomic E-state index is 13.6. The van der Waals surface area contributed by atoms with Crippen molar-refractivity contribution in [2.75, 3.05) is 0 Å². The van der Waals surface area contributed by atoms with E-state index < -0.39 is 0 Å². The summed E-state index contributed by atoms with van der Waals surface area (Å²) in [6, 6.07) is 7.19. The van der Waals surface area contributed by atoms with E-state index in [1.807, 2.05) is 12.1 Å². The Bertz CT molecular complexity index is 393. The molecule has 0 bridgehead atoms. The average Bonchev–Trinajstić information content (AvgIpc) is 2.39. The Morgan fingerprint density at radius 3 is 2.12 bits per heavy atom. The minimum Gasteiger partial charge on any atom is -0.207 e. The first kappa shape index (κ1) is 12.7. The molecule has 0 amide bonds. The summed E-state index contributed by atoms with van der Waals surface area (Å²) in [5.74, 6) is -0.0463. The zero-order valence-electron chi connectivity index (χ0n) is 11.4. The fraction of sp³-hybridized carbons (Fsp3) is 0.600. The van der Waals surface area contributed by atoms with E-state index in [-0.39, 0.29) is 5.82 Å². The van der Waals surface area contributed by atoms with Crippen molar-refractivity contribution in [1.82, 2.24) is 0 Å². The Morgan fingerprint density at radius 1 is 1.06 bits per heavy atom. The van der Waals surface area contributed by atoms with E-state index >= 15 is 0 Å². The largest absolute Gasteiger partial charge is 0.207 e. The van der Waals surface area contributed by atoms with E-state index in [9.17, 15) is 4.39 Å². The van der Waals surface area contributed by atoms with Crippen molar-refractivity contribution >= 4 is 6.71 Å². The Hall–Kier alpha value is -0.785. The van der Waals surface area contributed by atoms with Gasteiger partial charge >= 0.3 is 0 Å². The number of hydrogen-bond acceptors (Lipinski definition) is 0. The second-order valence-electron chi connectivity index (χ2n) is 6.84. The molecule has 1 aliphatic rings. The van der Waals surface area contributed by atoms with Crippen molar-refractivity contribution in [2.45, 2.75) is 46.7 Å². The van der Waals surface area contributed by atoms with Crippen molar-refractivity contribution in [2.24, 2.45) is 10.8 Å². The molecular weight excluding hydrogens is 210 g/mol. The molecule has 0 atom stereocenters. The average molecular weight is 232 g/mol. The van der Waals surface area contributed by atoms with E-state index in [0.717, 1.165) is 11.9 Å². The molecule has 0 spiro atoms. The smallest absolute Gasteiger partial charge is 0.145 e. The number of halogens is 1. The van der Waals surface area contributed by atoms with Gasteiger partial charge in [-0.1, -0.05) is 58.5 Å². The maximum Gasteiger partial charge on any atom is 0.145 e. The van der Waals surface area contributed by atoms with Gasteiger partial charge in [0.2, 0.25) is 0 Å². The molecule has 1 heterocycles. The highest BCUT2D eigenvalue weighted by Crippen LogP contribution is 2.53. The molecule has 0 nitrogen and oxygen atoms in total. The van der Waals surface area contributed by atoms with Gasteiger partial charge in [-0.05, 0) is 28.8 Å². The standard InChI is InChI=1S/C15H22BF/c1-14(2)10-16(11-15(14,3)4)9-12-7-5-6-8-13(12)17/h5-8H,9-11H2,1-4H3. The SMILES string of the molecule is CC1(C)CB(Cc2ccccc2F)CC1(C)C. The molecule has 17 heavy (non-hydrogen) atoms. The highest BCUT2D eigenvalue weighted by Gasteiger charge is 2.47. The zero-order valence-corrected chi connectivity index (χ0v) is 11.4. The first-order valence-corrected chi connectivity index (χ1v) is 6.55. The fourth-order valence-electron chi connectivity index (χ4n) is 3.19. The molecule has 0 unspecified atom stereocenters. The summed E-state index contributed by atoms with van der Waals surface area (Å²) in [7, 11) is 0. The molecule has 0 radical (unpaired) electrons. The monoisotopic (exact) mass is 232 g/mol. The summed E-state index contributed by atoms with van der Waals surface area (Å²) in [6.45, 7) is 9.99. The third-order valence-electron chi connectivity index (χ3n) is 4.90. The van der Waals surface area contributed by atoms with Gasteiger partial charge in [-0.2, -0.15) is 0 Å². The topological polar surface area (TPSA) is 0 Å². The molecule has 1 saturated heterocycles. The van der Waals surface area contributed by atoms with Crippen LogP contribution < -0.4 is 0 Å². The molecule has 1 aromatic carbocycles. The molecule has 0 saturated carbocycles. The van der Waals surface area contributed by atoms with Gasteiger partial charge in [-0.25, -0.2) is 4.39 Å². The van der Waals surface area contributed by atoms with E-state index in [2.05, 4.69) is 27.7 Å². The van der Waals surface area contributed by atoms with Gasteiger partial charge in [0.25, 0.3) is 0 Å². The van der Waals surface area contributed by atoms with E-state index in [1.165, 1.54) is 12.6 Å². The zero-order chi connectivity index (χ0) is 12.7. The molecule has 0 N–H and O–H groups in total. The van der Waals surface area contributed by atoms with Crippen LogP contribution in [-0.4, -0.2) is 6.71 Å². The summed E-state index contributed by atoms with van der Waals surface area (Å²) in [5.41, 5.74) is 1.61. The Morgan fingerprint density at radius 2 is 1.59 bits per heavy atom. The molecule has 2 rings (SSSR count). The number of hydrogen-bond donors (Lipinski definition) is 0. The van der Waals surface area contributed by atoms with Crippen molar-refractivity contribution in [3.05, 3.63) is 35.6 Å². The van der Waals surface area contributed by atoms with E-state index in [1.54, 1.807) is 12.1 Å². The lowest BCUT2D eigenvalue weighted by molar-refractivity contribution is 0.177. The molecule has 2 heteroatoms. The quantitative estimate of drug-likeness (QED) is 0.660. The predicted molar refractivity (Wildman–Crippen MR) is 73.0 cm³/mol. The minimum absolute atomic E-state index is 0.0463. The van der Waals surface area contributed by atoms with Crippen molar-refractivity contribution in [3.63, 3.8) is 0 Å². The predicted octanol–water partition coefficient (Wildman–Crippen LogP) is 4.47. The van der Waals surface area contributed by atoms with E-state index in [0.29, 0.717) is 17.5 Å². The molecule has 1 aromatic rings. The van der Waals surface area contributed by atoms with Crippen LogP contribution in [0.2, 0.25) is 12.6 Å². The second-order valence-corrected chi connectivity index (χ2v) is 6.84. The lowest BCUT2D eigenvalue weighted by Gasteiger charge is -2.35. The van der Waals surface area contributed by atoms with Gasteiger partial charge in [0.05, 0.1) is 0 Å². The van der Waals surface area contributed by atoms with Crippen LogP contribution in [0, 0.1) is 16.6 Å². The van der Waals surface area contributed by atoms with Gasteiger partial charge in [-0.3, -0.25) is 0 Å². The molecule has 92 valence electrons. The summed E-state index contributed by atoms with van der Waals surface area (Å²) in [6.07, 6.45) is 3.29. The van der Waals surface area contributed by atoms with Crippen LogP contribution in [0.15, 0.2) is 24.3 Å². The minimum atomic E-state index is -0.0463. The normalized spacial score (nSPS) is 21.8. The number of benzene rings is 1. The van der Waals surface area contributed by atoms with Crippen molar-refractivity contribution in [3.8, 4) is 0 Å². The van der Waals surface area contributed by atoms with Gasteiger partial charge in [0, 0.05) is 0 Å². The highest BCUT2D eigenvalue weighted by molar-refractivity contribution is 6.59. The third-order valence-corrected chi connectivity index (χ3v) is 4.90. The van der Waals surface area contributed by atoms with Crippen LogP contribution >= 0.6 is 0 Å². The molecule has 0 aliphatic carbocycles. The fourth-order valence-corrected chi connectivity index (χ4v) is 3.19.